The zero-order valence-corrected chi connectivity index (χ0v) is 17.8. The number of carbonyl (C=O) groups is 1. The molecule has 1 amide bonds. The number of anilines is 2. The van der Waals surface area contributed by atoms with Crippen molar-refractivity contribution >= 4 is 38.8 Å². The molecule has 30 heavy (non-hydrogen) atoms. The monoisotopic (exact) mass is 423 g/mol. The third kappa shape index (κ3) is 4.19. The van der Waals surface area contributed by atoms with Crippen LogP contribution in [0.15, 0.2) is 48.5 Å². The highest BCUT2D eigenvalue weighted by molar-refractivity contribution is 7.18. The lowest BCUT2D eigenvalue weighted by molar-refractivity contribution is -0.910. The zero-order chi connectivity index (χ0) is 20.3. The second-order valence-corrected chi connectivity index (χ2v) is 9.06. The number of nitrogens with zero attached hydrogens (tertiary/aromatic N) is 2. The van der Waals surface area contributed by atoms with Crippen molar-refractivity contribution in [3.05, 3.63) is 53.5 Å². The van der Waals surface area contributed by atoms with E-state index in [9.17, 15) is 4.79 Å². The summed E-state index contributed by atoms with van der Waals surface area (Å²) in [6.07, 6.45) is 2.23. The number of benzene rings is 2. The van der Waals surface area contributed by atoms with Crippen LogP contribution in [0.2, 0.25) is 0 Å². The Bertz CT molecular complexity index is 980. The van der Waals surface area contributed by atoms with Gasteiger partial charge in [-0.1, -0.05) is 12.1 Å². The Balaban J connectivity index is 1.21. The molecule has 2 aromatic carbocycles. The summed E-state index contributed by atoms with van der Waals surface area (Å²) in [7, 11) is 0. The van der Waals surface area contributed by atoms with Crippen LogP contribution in [0.4, 0.5) is 11.4 Å². The second-order valence-electron chi connectivity index (χ2n) is 7.99. The SMILES string of the molecule is O=C(C[NH+]1CCC[C@@H]1c1nc2ccccc2s1)Nc1ccc(N2CCOCC2)cc1. The number of carbonyl (C=O) groups excluding carboxylic acids is 1. The number of para-hydroxylation sites is 1. The van der Waals surface area contributed by atoms with Crippen molar-refractivity contribution in [3.63, 3.8) is 0 Å². The van der Waals surface area contributed by atoms with Crippen LogP contribution in [0.5, 0.6) is 0 Å². The number of ether oxygens (including phenoxy) is 1. The second kappa shape index (κ2) is 8.71. The summed E-state index contributed by atoms with van der Waals surface area (Å²) < 4.78 is 6.64. The fourth-order valence-electron chi connectivity index (χ4n) is 4.45. The van der Waals surface area contributed by atoms with Gasteiger partial charge >= 0.3 is 0 Å². The van der Waals surface area contributed by atoms with Gasteiger partial charge in [-0.25, -0.2) is 4.98 Å². The fourth-order valence-corrected chi connectivity index (χ4v) is 5.61. The van der Waals surface area contributed by atoms with Crippen molar-refractivity contribution < 1.29 is 14.4 Å². The lowest BCUT2D eigenvalue weighted by atomic mass is 10.2. The molecule has 0 aliphatic carbocycles. The number of hydrogen-bond acceptors (Lipinski definition) is 5. The van der Waals surface area contributed by atoms with Crippen LogP contribution in [0.25, 0.3) is 10.2 Å². The van der Waals surface area contributed by atoms with Gasteiger partial charge in [0.15, 0.2) is 11.6 Å². The Hall–Kier alpha value is -2.48. The smallest absolute Gasteiger partial charge is 0.279 e. The molecule has 2 saturated heterocycles. The van der Waals surface area contributed by atoms with Gasteiger partial charge in [0.25, 0.3) is 5.91 Å². The summed E-state index contributed by atoms with van der Waals surface area (Å²) in [5.74, 6) is 0.0668. The van der Waals surface area contributed by atoms with E-state index in [1.807, 2.05) is 18.2 Å². The van der Waals surface area contributed by atoms with Gasteiger partial charge < -0.3 is 19.9 Å². The predicted molar refractivity (Wildman–Crippen MR) is 120 cm³/mol. The highest BCUT2D eigenvalue weighted by Gasteiger charge is 2.34. The molecule has 3 aromatic rings. The van der Waals surface area contributed by atoms with Crippen LogP contribution in [-0.4, -0.2) is 50.3 Å². The summed E-state index contributed by atoms with van der Waals surface area (Å²) in [6.45, 7) is 4.87. The Kier molecular flexibility index (Phi) is 5.66. The first-order chi connectivity index (χ1) is 14.8. The maximum atomic E-state index is 12.7. The average molecular weight is 424 g/mol. The molecule has 2 fully saturated rings. The molecule has 5 rings (SSSR count). The van der Waals surface area contributed by atoms with Crippen molar-refractivity contribution in [2.45, 2.75) is 18.9 Å². The molecule has 1 aromatic heterocycles. The van der Waals surface area contributed by atoms with Crippen LogP contribution in [0, 0.1) is 0 Å². The van der Waals surface area contributed by atoms with Crippen LogP contribution in [0.1, 0.15) is 23.9 Å². The quantitative estimate of drug-likeness (QED) is 0.662. The first-order valence-electron chi connectivity index (χ1n) is 10.7. The Morgan fingerprint density at radius 3 is 2.77 bits per heavy atom. The lowest BCUT2D eigenvalue weighted by Gasteiger charge is -2.28. The van der Waals surface area contributed by atoms with E-state index >= 15 is 0 Å². The standard InChI is InChI=1S/C23H26N4O2S/c28-22(24-17-7-9-18(10-8-17)26-12-14-29-15-13-26)16-27-11-3-5-20(27)23-25-19-4-1-2-6-21(19)30-23/h1-2,4,6-10,20H,3,5,11-16H2,(H,24,28)/p+1/t20-/m1/s1. The number of amides is 1. The fraction of sp³-hybridized carbons (Fsp3) is 0.391. The number of thiazole rings is 1. The minimum absolute atomic E-state index is 0.0668. The van der Waals surface area contributed by atoms with E-state index in [-0.39, 0.29) is 5.91 Å². The molecule has 0 radical (unpaired) electrons. The van der Waals surface area contributed by atoms with Gasteiger partial charge in [0.1, 0.15) is 6.04 Å². The molecule has 0 spiro atoms. The summed E-state index contributed by atoms with van der Waals surface area (Å²) in [6, 6.07) is 16.7. The highest BCUT2D eigenvalue weighted by Crippen LogP contribution is 2.28. The van der Waals surface area contributed by atoms with Crippen molar-refractivity contribution in [2.75, 3.05) is 49.6 Å². The van der Waals surface area contributed by atoms with E-state index in [1.54, 1.807) is 11.3 Å². The normalized spacial score (nSPS) is 21.8. The third-order valence-corrected chi connectivity index (χ3v) is 7.16. The molecule has 2 N–H and O–H groups in total. The van der Waals surface area contributed by atoms with Crippen molar-refractivity contribution in [1.82, 2.24) is 4.98 Å². The number of rotatable bonds is 5. The van der Waals surface area contributed by atoms with E-state index in [0.29, 0.717) is 12.6 Å². The van der Waals surface area contributed by atoms with Crippen molar-refractivity contribution in [2.24, 2.45) is 0 Å². The van der Waals surface area contributed by atoms with E-state index < -0.39 is 0 Å². The van der Waals surface area contributed by atoms with Crippen LogP contribution < -0.4 is 15.1 Å². The largest absolute Gasteiger partial charge is 0.378 e. The van der Waals surface area contributed by atoms with Gasteiger partial charge in [-0.05, 0) is 36.4 Å². The molecule has 6 nitrogen and oxygen atoms in total. The molecular formula is C23H27N4O2S+. The Labute approximate surface area is 180 Å². The van der Waals surface area contributed by atoms with Crippen LogP contribution in [0.3, 0.4) is 0 Å². The maximum Gasteiger partial charge on any atom is 0.279 e. The average Bonchev–Trinajstić information content (AvgIpc) is 3.41. The van der Waals surface area contributed by atoms with Gasteiger partial charge in [0, 0.05) is 37.3 Å². The maximum absolute atomic E-state index is 12.7. The van der Waals surface area contributed by atoms with Gasteiger partial charge in [0.2, 0.25) is 0 Å². The first kappa shape index (κ1) is 19.5. The van der Waals surface area contributed by atoms with Gasteiger partial charge in [-0.3, -0.25) is 4.79 Å². The molecule has 2 aliphatic heterocycles. The molecular weight excluding hydrogens is 396 g/mol. The number of quaternary nitrogens is 1. The molecule has 0 saturated carbocycles. The van der Waals surface area contributed by atoms with Crippen molar-refractivity contribution in [1.29, 1.82) is 0 Å². The molecule has 2 atom stereocenters. The van der Waals surface area contributed by atoms with Gasteiger partial charge in [-0.15, -0.1) is 11.3 Å². The number of aromatic nitrogens is 1. The number of likely N-dealkylation sites (tertiary alicyclic amines) is 1. The molecule has 156 valence electrons. The third-order valence-electron chi connectivity index (χ3n) is 6.01. The highest BCUT2D eigenvalue weighted by atomic mass is 32.1. The minimum atomic E-state index is 0.0668. The number of nitrogens with one attached hydrogen (secondary N) is 2. The summed E-state index contributed by atoms with van der Waals surface area (Å²) in [5, 5.41) is 4.24. The number of fused-ring (bicyclic) bond motifs is 1. The van der Waals surface area contributed by atoms with Crippen LogP contribution in [-0.2, 0) is 9.53 Å². The molecule has 0 bridgehead atoms. The van der Waals surface area contributed by atoms with Crippen molar-refractivity contribution in [3.8, 4) is 0 Å². The lowest BCUT2D eigenvalue weighted by Crippen LogP contribution is -3.11. The first-order valence-corrected chi connectivity index (χ1v) is 11.5. The van der Waals surface area contributed by atoms with Gasteiger partial charge in [-0.2, -0.15) is 0 Å². The predicted octanol–water partition coefficient (Wildman–Crippen LogP) is 2.49. The molecule has 7 heteroatoms. The minimum Gasteiger partial charge on any atom is -0.378 e. The molecule has 3 heterocycles. The molecule has 2 aliphatic rings. The van der Waals surface area contributed by atoms with E-state index in [4.69, 9.17) is 9.72 Å². The van der Waals surface area contributed by atoms with E-state index in [1.165, 1.54) is 15.3 Å². The number of morpholine rings is 1. The number of hydrogen-bond donors (Lipinski definition) is 2. The summed E-state index contributed by atoms with van der Waals surface area (Å²) in [5.41, 5.74) is 3.10. The van der Waals surface area contributed by atoms with E-state index in [2.05, 4.69) is 40.5 Å². The molecule has 1 unspecified atom stereocenters. The zero-order valence-electron chi connectivity index (χ0n) is 17.0. The summed E-state index contributed by atoms with van der Waals surface area (Å²) >= 11 is 1.77. The topological polar surface area (TPSA) is 58.9 Å². The van der Waals surface area contributed by atoms with Crippen LogP contribution >= 0.6 is 11.3 Å². The van der Waals surface area contributed by atoms with Gasteiger partial charge in [0.05, 0.1) is 30.0 Å². The van der Waals surface area contributed by atoms with E-state index in [0.717, 1.165) is 61.9 Å². The summed E-state index contributed by atoms with van der Waals surface area (Å²) in [4.78, 5) is 21.2. The Morgan fingerprint density at radius 2 is 1.97 bits per heavy atom. The Morgan fingerprint density at radius 1 is 1.17 bits per heavy atom.